The Bertz CT molecular complexity index is 416. The number of nitrogens with zero attached hydrogens (tertiary/aromatic N) is 1. The number of carbonyl (C=O) groups is 1. The van der Waals surface area contributed by atoms with Crippen LogP contribution in [0.3, 0.4) is 0 Å². The number of amides is 1. The summed E-state index contributed by atoms with van der Waals surface area (Å²) in [7, 11) is 0. The number of nitrogens with one attached hydrogen (secondary N) is 1. The molecule has 1 aromatic heterocycles. The number of thiazole rings is 1. The van der Waals surface area contributed by atoms with E-state index in [1.54, 1.807) is 11.3 Å². The van der Waals surface area contributed by atoms with E-state index in [-0.39, 0.29) is 11.8 Å². The fraction of sp³-hybridized carbons (Fsp3) is 0.733. The lowest BCUT2D eigenvalue weighted by atomic mass is 9.91. The monoisotopic (exact) mass is 280 g/mol. The van der Waals surface area contributed by atoms with Gasteiger partial charge in [0.2, 0.25) is 5.91 Å². The summed E-state index contributed by atoms with van der Waals surface area (Å²) in [6.45, 7) is 4.36. The number of carbonyl (C=O) groups excluding carboxylic acids is 1. The van der Waals surface area contributed by atoms with Crippen molar-refractivity contribution in [3.63, 3.8) is 0 Å². The Morgan fingerprint density at radius 1 is 1.42 bits per heavy atom. The minimum absolute atomic E-state index is 0.188. The summed E-state index contributed by atoms with van der Waals surface area (Å²) >= 11 is 1.62. The predicted molar refractivity (Wildman–Crippen MR) is 80.5 cm³/mol. The number of hydrogen-bond donors (Lipinski definition) is 1. The van der Waals surface area contributed by atoms with Gasteiger partial charge in [-0.15, -0.1) is 11.3 Å². The highest BCUT2D eigenvalue weighted by molar-refractivity contribution is 7.15. The molecule has 1 heterocycles. The average Bonchev–Trinajstić information content (AvgIpc) is 3.00. The summed E-state index contributed by atoms with van der Waals surface area (Å²) in [5.41, 5.74) is 0. The Kier molecular flexibility index (Phi) is 5.37. The highest BCUT2D eigenvalue weighted by Gasteiger charge is 2.32. The third-order valence-electron chi connectivity index (χ3n) is 3.94. The largest absolute Gasteiger partial charge is 0.302 e. The van der Waals surface area contributed by atoms with Gasteiger partial charge in [0.15, 0.2) is 5.13 Å². The van der Waals surface area contributed by atoms with Gasteiger partial charge in [0.1, 0.15) is 0 Å². The molecule has 0 radical (unpaired) electrons. The van der Waals surface area contributed by atoms with Crippen molar-refractivity contribution in [1.82, 2.24) is 4.98 Å². The van der Waals surface area contributed by atoms with E-state index < -0.39 is 0 Å². The molecule has 19 heavy (non-hydrogen) atoms. The van der Waals surface area contributed by atoms with Crippen LogP contribution < -0.4 is 5.32 Å². The average molecular weight is 280 g/mol. The first kappa shape index (κ1) is 14.5. The fourth-order valence-corrected chi connectivity index (χ4v) is 3.94. The Hall–Kier alpha value is -0.900. The lowest BCUT2D eigenvalue weighted by molar-refractivity contribution is -0.120. The van der Waals surface area contributed by atoms with Gasteiger partial charge in [0.25, 0.3) is 0 Å². The molecule has 4 heteroatoms. The van der Waals surface area contributed by atoms with Gasteiger partial charge in [0.05, 0.1) is 0 Å². The third kappa shape index (κ3) is 3.78. The number of rotatable bonds is 6. The van der Waals surface area contributed by atoms with Crippen molar-refractivity contribution in [3.05, 3.63) is 11.1 Å². The molecule has 2 unspecified atom stereocenters. The van der Waals surface area contributed by atoms with Crippen LogP contribution in [0, 0.1) is 11.8 Å². The Balaban J connectivity index is 1.92. The van der Waals surface area contributed by atoms with Gasteiger partial charge < -0.3 is 5.32 Å². The van der Waals surface area contributed by atoms with Gasteiger partial charge in [-0.1, -0.05) is 33.1 Å². The highest BCUT2D eigenvalue weighted by Crippen LogP contribution is 2.35. The maximum absolute atomic E-state index is 12.3. The second kappa shape index (κ2) is 7.04. The molecule has 3 nitrogen and oxygen atoms in total. The molecule has 0 bridgehead atoms. The van der Waals surface area contributed by atoms with E-state index in [4.69, 9.17) is 0 Å². The number of anilines is 1. The normalized spacial score (nSPS) is 22.6. The van der Waals surface area contributed by atoms with Gasteiger partial charge in [-0.05, 0) is 31.6 Å². The van der Waals surface area contributed by atoms with Gasteiger partial charge in [-0.3, -0.25) is 4.79 Å². The van der Waals surface area contributed by atoms with Crippen LogP contribution in [0.2, 0.25) is 0 Å². The lowest BCUT2D eigenvalue weighted by Crippen LogP contribution is -2.25. The van der Waals surface area contributed by atoms with E-state index in [0.29, 0.717) is 5.92 Å². The Labute approximate surface area is 119 Å². The Morgan fingerprint density at radius 2 is 2.26 bits per heavy atom. The molecular weight excluding hydrogens is 256 g/mol. The topological polar surface area (TPSA) is 42.0 Å². The van der Waals surface area contributed by atoms with Crippen molar-refractivity contribution >= 4 is 22.4 Å². The quantitative estimate of drug-likeness (QED) is 0.846. The van der Waals surface area contributed by atoms with Crippen LogP contribution in [0.5, 0.6) is 0 Å². The van der Waals surface area contributed by atoms with E-state index in [2.05, 4.69) is 24.1 Å². The second-order valence-corrected chi connectivity index (χ2v) is 6.57. The Morgan fingerprint density at radius 3 is 3.00 bits per heavy atom. The van der Waals surface area contributed by atoms with Gasteiger partial charge in [0, 0.05) is 17.0 Å². The fourth-order valence-electron chi connectivity index (χ4n) is 3.02. The van der Waals surface area contributed by atoms with E-state index in [9.17, 15) is 4.79 Å². The minimum Gasteiger partial charge on any atom is -0.302 e. The van der Waals surface area contributed by atoms with E-state index in [1.807, 2.05) is 6.20 Å². The molecule has 1 aliphatic carbocycles. The predicted octanol–water partition coefficient (Wildman–Crippen LogP) is 4.25. The first-order valence-electron chi connectivity index (χ1n) is 7.50. The summed E-state index contributed by atoms with van der Waals surface area (Å²) in [4.78, 5) is 17.9. The van der Waals surface area contributed by atoms with Crippen LogP contribution in [-0.2, 0) is 11.2 Å². The van der Waals surface area contributed by atoms with E-state index in [1.165, 1.54) is 30.6 Å². The molecule has 1 aromatic rings. The van der Waals surface area contributed by atoms with Crippen LogP contribution in [0.1, 0.15) is 57.2 Å². The number of aromatic nitrogens is 1. The third-order valence-corrected chi connectivity index (χ3v) is 4.91. The standard InChI is InChI=1S/C15H24N2OS/c1-3-6-11-8-5-9-13(11)14(18)17-15-16-10-12(19-15)7-4-2/h10-11,13H,3-9H2,1-2H3,(H,16,17,18). The van der Waals surface area contributed by atoms with Gasteiger partial charge in [-0.2, -0.15) is 0 Å². The number of hydrogen-bond acceptors (Lipinski definition) is 3. The van der Waals surface area contributed by atoms with E-state index >= 15 is 0 Å². The van der Waals surface area contributed by atoms with Crippen molar-refractivity contribution in [2.75, 3.05) is 5.32 Å². The molecule has 1 aliphatic rings. The van der Waals surface area contributed by atoms with Crippen molar-refractivity contribution in [1.29, 1.82) is 0 Å². The second-order valence-electron chi connectivity index (χ2n) is 5.46. The van der Waals surface area contributed by atoms with Crippen molar-refractivity contribution in [2.45, 2.75) is 58.8 Å². The molecule has 1 N–H and O–H groups in total. The van der Waals surface area contributed by atoms with Crippen molar-refractivity contribution in [2.24, 2.45) is 11.8 Å². The summed E-state index contributed by atoms with van der Waals surface area (Å²) in [6.07, 6.45) is 9.87. The van der Waals surface area contributed by atoms with Crippen LogP contribution in [0.4, 0.5) is 5.13 Å². The first-order valence-corrected chi connectivity index (χ1v) is 8.31. The first-order chi connectivity index (χ1) is 9.24. The summed E-state index contributed by atoms with van der Waals surface area (Å²) in [6, 6.07) is 0. The van der Waals surface area contributed by atoms with Crippen molar-refractivity contribution < 1.29 is 4.79 Å². The molecule has 106 valence electrons. The SMILES string of the molecule is CCCc1cnc(NC(=O)C2CCCC2CCC)s1. The zero-order valence-electron chi connectivity index (χ0n) is 11.9. The van der Waals surface area contributed by atoms with Gasteiger partial charge >= 0.3 is 0 Å². The zero-order chi connectivity index (χ0) is 13.7. The van der Waals surface area contributed by atoms with Crippen LogP contribution in [0.15, 0.2) is 6.20 Å². The van der Waals surface area contributed by atoms with Gasteiger partial charge in [-0.25, -0.2) is 4.98 Å². The molecule has 1 saturated carbocycles. The zero-order valence-corrected chi connectivity index (χ0v) is 12.8. The highest BCUT2D eigenvalue weighted by atomic mass is 32.1. The molecule has 0 aliphatic heterocycles. The smallest absolute Gasteiger partial charge is 0.229 e. The number of aryl methyl sites for hydroxylation is 1. The van der Waals surface area contributed by atoms with Crippen LogP contribution >= 0.6 is 11.3 Å². The lowest BCUT2D eigenvalue weighted by Gasteiger charge is -2.17. The summed E-state index contributed by atoms with van der Waals surface area (Å²) < 4.78 is 0. The summed E-state index contributed by atoms with van der Waals surface area (Å²) in [5.74, 6) is 0.979. The van der Waals surface area contributed by atoms with E-state index in [0.717, 1.165) is 24.4 Å². The maximum atomic E-state index is 12.3. The summed E-state index contributed by atoms with van der Waals surface area (Å²) in [5, 5.41) is 3.79. The molecule has 0 aromatic carbocycles. The molecular formula is C15H24N2OS. The molecule has 0 spiro atoms. The molecule has 0 saturated heterocycles. The maximum Gasteiger partial charge on any atom is 0.229 e. The van der Waals surface area contributed by atoms with Crippen LogP contribution in [-0.4, -0.2) is 10.9 Å². The van der Waals surface area contributed by atoms with Crippen molar-refractivity contribution in [3.8, 4) is 0 Å². The molecule has 1 amide bonds. The minimum atomic E-state index is 0.188. The molecule has 1 fully saturated rings. The van der Waals surface area contributed by atoms with Crippen LogP contribution in [0.25, 0.3) is 0 Å². The molecule has 2 atom stereocenters. The molecule has 2 rings (SSSR count).